The van der Waals surface area contributed by atoms with Gasteiger partial charge in [0.1, 0.15) is 0 Å². The molecule has 0 saturated heterocycles. The van der Waals surface area contributed by atoms with Gasteiger partial charge in [-0.2, -0.15) is 0 Å². The van der Waals surface area contributed by atoms with Crippen LogP contribution in [0.3, 0.4) is 0 Å². The highest BCUT2D eigenvalue weighted by molar-refractivity contribution is 5.19. The van der Waals surface area contributed by atoms with Crippen molar-refractivity contribution >= 4 is 0 Å². The van der Waals surface area contributed by atoms with Crippen LogP contribution in [0.1, 0.15) is 47.0 Å². The summed E-state index contributed by atoms with van der Waals surface area (Å²) in [7, 11) is 1.97. The molecule has 1 unspecified atom stereocenters. The highest BCUT2D eigenvalue weighted by Crippen LogP contribution is 2.19. The number of hydrogen-bond acceptors (Lipinski definition) is 2. The van der Waals surface area contributed by atoms with Crippen LogP contribution in [0.25, 0.3) is 0 Å². The Morgan fingerprint density at radius 3 is 2.28 bits per heavy atom. The third-order valence-electron chi connectivity index (χ3n) is 3.33. The largest absolute Gasteiger partial charge is 0.379 e. The Balaban J connectivity index is 4.52. The number of likely N-dealkylation sites (N-methyl/N-ethyl adjacent to an activating group) is 1. The summed E-state index contributed by atoms with van der Waals surface area (Å²) >= 11 is 0. The van der Waals surface area contributed by atoms with Crippen LogP contribution in [-0.2, 0) is 0 Å². The Morgan fingerprint density at radius 2 is 1.83 bits per heavy atom. The molecule has 0 aliphatic heterocycles. The maximum Gasteiger partial charge on any atom is 0.0523 e. The van der Waals surface area contributed by atoms with Crippen molar-refractivity contribution in [1.29, 1.82) is 0 Å². The predicted octanol–water partition coefficient (Wildman–Crippen LogP) is 3.78. The average Bonchev–Trinajstić information content (AvgIpc) is 2.32. The molecule has 18 heavy (non-hydrogen) atoms. The summed E-state index contributed by atoms with van der Waals surface area (Å²) in [6, 6.07) is 0.261. The van der Waals surface area contributed by atoms with Gasteiger partial charge < -0.3 is 10.6 Å². The fourth-order valence-electron chi connectivity index (χ4n) is 1.85. The monoisotopic (exact) mass is 250 g/mol. The van der Waals surface area contributed by atoms with E-state index in [1.54, 1.807) is 0 Å². The van der Waals surface area contributed by atoms with Gasteiger partial charge in [0, 0.05) is 11.7 Å². The van der Waals surface area contributed by atoms with Crippen LogP contribution in [0.15, 0.2) is 36.6 Å². The Labute approximate surface area is 113 Å². The molecule has 0 aliphatic rings. The van der Waals surface area contributed by atoms with Crippen LogP contribution in [0.4, 0.5) is 0 Å². The number of allylic oxidation sites excluding steroid dienone is 1. The van der Waals surface area contributed by atoms with Gasteiger partial charge in [-0.1, -0.05) is 44.7 Å². The fourth-order valence-corrected chi connectivity index (χ4v) is 1.85. The molecule has 0 fully saturated rings. The number of nitrogens with one attached hydrogen (secondary N) is 2. The molecule has 1 atom stereocenters. The fraction of sp³-hybridized carbons (Fsp3) is 0.625. The van der Waals surface area contributed by atoms with Crippen molar-refractivity contribution in [3.63, 3.8) is 0 Å². The third-order valence-corrected chi connectivity index (χ3v) is 3.33. The molecule has 104 valence electrons. The zero-order chi connectivity index (χ0) is 14.2. The Bertz CT molecular complexity index is 300. The lowest BCUT2D eigenvalue weighted by Gasteiger charge is -2.33. The van der Waals surface area contributed by atoms with Crippen molar-refractivity contribution in [2.45, 2.75) is 58.5 Å². The molecule has 0 aromatic carbocycles. The first-order valence-corrected chi connectivity index (χ1v) is 6.86. The van der Waals surface area contributed by atoms with E-state index in [1.165, 1.54) is 5.57 Å². The summed E-state index contributed by atoms with van der Waals surface area (Å²) in [4.78, 5) is 0. The van der Waals surface area contributed by atoms with Gasteiger partial charge in [-0.25, -0.2) is 0 Å². The molecule has 2 heteroatoms. The maximum absolute atomic E-state index is 4.16. The topological polar surface area (TPSA) is 24.1 Å². The molecule has 2 N–H and O–H groups in total. The van der Waals surface area contributed by atoms with Crippen LogP contribution in [0.5, 0.6) is 0 Å². The summed E-state index contributed by atoms with van der Waals surface area (Å²) in [6.07, 6.45) is 7.41. The van der Waals surface area contributed by atoms with Crippen molar-refractivity contribution in [3.05, 3.63) is 36.6 Å². The molecule has 0 saturated carbocycles. The van der Waals surface area contributed by atoms with E-state index in [1.807, 2.05) is 7.05 Å². The van der Waals surface area contributed by atoms with Crippen LogP contribution in [-0.4, -0.2) is 18.6 Å². The van der Waals surface area contributed by atoms with Crippen molar-refractivity contribution in [1.82, 2.24) is 10.6 Å². The first kappa shape index (κ1) is 17.0. The zero-order valence-corrected chi connectivity index (χ0v) is 12.8. The lowest BCUT2D eigenvalue weighted by molar-refractivity contribution is 0.454. The van der Waals surface area contributed by atoms with Crippen LogP contribution in [0, 0.1) is 0 Å². The molecule has 0 radical (unpaired) electrons. The summed E-state index contributed by atoms with van der Waals surface area (Å²) in [5, 5.41) is 6.79. The minimum Gasteiger partial charge on any atom is -0.379 e. The van der Waals surface area contributed by atoms with Gasteiger partial charge in [-0.05, 0) is 40.2 Å². The van der Waals surface area contributed by atoms with E-state index in [0.717, 1.165) is 25.0 Å². The second kappa shape index (κ2) is 8.15. The minimum atomic E-state index is -0.102. The van der Waals surface area contributed by atoms with E-state index in [2.05, 4.69) is 63.6 Å². The molecule has 0 aromatic heterocycles. The SMILES string of the molecule is C=C(NC(C)(C)C(=C)CC)C(CC=CCC)NC. The highest BCUT2D eigenvalue weighted by Gasteiger charge is 2.22. The molecular formula is C16H30N2. The Kier molecular flexibility index (Phi) is 7.69. The Hall–Kier alpha value is -1.02. The van der Waals surface area contributed by atoms with Gasteiger partial charge in [0.2, 0.25) is 0 Å². The predicted molar refractivity (Wildman–Crippen MR) is 82.7 cm³/mol. The van der Waals surface area contributed by atoms with Gasteiger partial charge in [0.15, 0.2) is 0 Å². The van der Waals surface area contributed by atoms with Gasteiger partial charge in [0.05, 0.1) is 5.54 Å². The van der Waals surface area contributed by atoms with Crippen molar-refractivity contribution in [2.24, 2.45) is 0 Å². The quantitative estimate of drug-likeness (QED) is 0.609. The second-order valence-corrected chi connectivity index (χ2v) is 5.19. The second-order valence-electron chi connectivity index (χ2n) is 5.19. The summed E-state index contributed by atoms with van der Waals surface area (Å²) < 4.78 is 0. The molecule has 0 bridgehead atoms. The summed E-state index contributed by atoms with van der Waals surface area (Å²) in [5.74, 6) is 0. The van der Waals surface area contributed by atoms with E-state index in [0.29, 0.717) is 0 Å². The molecule has 0 heterocycles. The van der Waals surface area contributed by atoms with Crippen molar-refractivity contribution in [2.75, 3.05) is 7.05 Å². The lowest BCUT2D eigenvalue weighted by Crippen LogP contribution is -2.45. The summed E-state index contributed by atoms with van der Waals surface area (Å²) in [6.45, 7) is 16.9. The standard InChI is InChI=1S/C16H30N2/c1-8-10-11-12-15(17-7)14(4)18-16(5,6)13(3)9-2/h10-11,15,17-18H,3-4,8-9,12H2,1-2,5-7H3. The van der Waals surface area contributed by atoms with E-state index in [9.17, 15) is 0 Å². The zero-order valence-electron chi connectivity index (χ0n) is 12.8. The van der Waals surface area contributed by atoms with E-state index in [4.69, 9.17) is 0 Å². The van der Waals surface area contributed by atoms with Crippen LogP contribution in [0.2, 0.25) is 0 Å². The minimum absolute atomic E-state index is 0.102. The van der Waals surface area contributed by atoms with E-state index < -0.39 is 0 Å². The number of rotatable bonds is 9. The van der Waals surface area contributed by atoms with Crippen molar-refractivity contribution < 1.29 is 0 Å². The molecule has 0 rings (SSSR count). The maximum atomic E-state index is 4.16. The summed E-state index contributed by atoms with van der Waals surface area (Å²) in [5.41, 5.74) is 2.12. The number of hydrogen-bond donors (Lipinski definition) is 2. The van der Waals surface area contributed by atoms with Gasteiger partial charge in [0.25, 0.3) is 0 Å². The van der Waals surface area contributed by atoms with E-state index >= 15 is 0 Å². The van der Waals surface area contributed by atoms with E-state index in [-0.39, 0.29) is 11.6 Å². The van der Waals surface area contributed by atoms with Gasteiger partial charge in [-0.3, -0.25) is 0 Å². The van der Waals surface area contributed by atoms with Gasteiger partial charge in [-0.15, -0.1) is 0 Å². The van der Waals surface area contributed by atoms with Gasteiger partial charge >= 0.3 is 0 Å². The molecule has 2 nitrogen and oxygen atoms in total. The third kappa shape index (κ3) is 5.54. The molecule has 0 aromatic rings. The molecular weight excluding hydrogens is 220 g/mol. The smallest absolute Gasteiger partial charge is 0.0523 e. The first-order valence-electron chi connectivity index (χ1n) is 6.86. The molecule has 0 amide bonds. The lowest BCUT2D eigenvalue weighted by atomic mass is 9.92. The normalized spacial score (nSPS) is 13.6. The first-order chi connectivity index (χ1) is 8.38. The average molecular weight is 250 g/mol. The molecule has 0 aliphatic carbocycles. The van der Waals surface area contributed by atoms with Crippen LogP contribution >= 0.6 is 0 Å². The Morgan fingerprint density at radius 1 is 1.22 bits per heavy atom. The van der Waals surface area contributed by atoms with Crippen molar-refractivity contribution in [3.8, 4) is 0 Å². The highest BCUT2D eigenvalue weighted by atomic mass is 15.0. The molecule has 0 spiro atoms. The van der Waals surface area contributed by atoms with Crippen LogP contribution < -0.4 is 10.6 Å².